The van der Waals surface area contributed by atoms with Crippen LogP contribution >= 0.6 is 0 Å². The van der Waals surface area contributed by atoms with Crippen molar-refractivity contribution in [3.63, 3.8) is 0 Å². The first kappa shape index (κ1) is 19.4. The average molecular weight is 371 g/mol. The Hall–Kier alpha value is -2.40. The summed E-state index contributed by atoms with van der Waals surface area (Å²) in [5.41, 5.74) is 3.55. The Morgan fingerprint density at radius 2 is 2.00 bits per heavy atom. The Morgan fingerprint density at radius 1 is 1.26 bits per heavy atom. The second kappa shape index (κ2) is 8.53. The monoisotopic (exact) mass is 371 g/mol. The van der Waals surface area contributed by atoms with Crippen LogP contribution in [0.2, 0.25) is 0 Å². The van der Waals surface area contributed by atoms with Gasteiger partial charge in [-0.05, 0) is 73.7 Å². The molecule has 0 radical (unpaired) electrons. The van der Waals surface area contributed by atoms with Crippen LogP contribution in [0, 0.1) is 11.7 Å². The van der Waals surface area contributed by atoms with Crippen LogP contribution in [0.4, 0.5) is 4.39 Å². The van der Waals surface area contributed by atoms with E-state index < -0.39 is 5.97 Å². The van der Waals surface area contributed by atoms with Gasteiger partial charge in [0.2, 0.25) is 0 Å². The van der Waals surface area contributed by atoms with E-state index in [1.807, 2.05) is 37.1 Å². The van der Waals surface area contributed by atoms with Gasteiger partial charge in [-0.3, -0.25) is 9.69 Å². The van der Waals surface area contributed by atoms with Crippen LogP contribution in [0.25, 0.3) is 0 Å². The fourth-order valence-electron chi connectivity index (χ4n) is 4.13. The molecule has 1 aliphatic carbocycles. The molecule has 0 fully saturated rings. The first-order chi connectivity index (χ1) is 13.0. The maximum Gasteiger partial charge on any atom is 0.317 e. The lowest BCUT2D eigenvalue weighted by molar-refractivity contribution is -0.138. The highest BCUT2D eigenvalue weighted by Gasteiger charge is 2.32. The number of likely N-dealkylation sites (N-methyl/N-ethyl adjacent to an activating group) is 1. The third-order valence-corrected chi connectivity index (χ3v) is 5.20. The zero-order valence-corrected chi connectivity index (χ0v) is 15.8. The highest BCUT2D eigenvalue weighted by atomic mass is 19.1. The van der Waals surface area contributed by atoms with E-state index >= 15 is 0 Å². The lowest BCUT2D eigenvalue weighted by Gasteiger charge is -2.36. The van der Waals surface area contributed by atoms with Crippen molar-refractivity contribution in [2.24, 2.45) is 5.92 Å². The molecular weight excluding hydrogens is 345 g/mol. The molecule has 1 N–H and O–H groups in total. The number of carboxylic acids is 1. The van der Waals surface area contributed by atoms with E-state index in [1.165, 1.54) is 23.3 Å². The summed E-state index contributed by atoms with van der Waals surface area (Å²) in [5, 5.41) is 9.07. The first-order valence-electron chi connectivity index (χ1n) is 9.39. The number of benzene rings is 2. The molecular formula is C22H26FNO3. The van der Waals surface area contributed by atoms with E-state index in [4.69, 9.17) is 9.84 Å². The van der Waals surface area contributed by atoms with Crippen LogP contribution in [0.1, 0.15) is 36.0 Å². The third kappa shape index (κ3) is 4.66. The molecule has 0 aliphatic heterocycles. The minimum Gasteiger partial charge on any atom is -0.494 e. The zero-order valence-electron chi connectivity index (χ0n) is 15.8. The van der Waals surface area contributed by atoms with Gasteiger partial charge < -0.3 is 9.84 Å². The zero-order chi connectivity index (χ0) is 19.4. The van der Waals surface area contributed by atoms with Crippen molar-refractivity contribution in [1.29, 1.82) is 0 Å². The number of nitrogens with zero attached hydrogens (tertiary/aromatic N) is 1. The second-order valence-corrected chi connectivity index (χ2v) is 7.21. The molecule has 0 amide bonds. The van der Waals surface area contributed by atoms with Gasteiger partial charge in [0.15, 0.2) is 0 Å². The van der Waals surface area contributed by atoms with E-state index in [-0.39, 0.29) is 24.2 Å². The molecule has 0 aromatic heterocycles. The maximum absolute atomic E-state index is 13.4. The number of carbonyl (C=O) groups is 1. The van der Waals surface area contributed by atoms with E-state index in [9.17, 15) is 9.18 Å². The summed E-state index contributed by atoms with van der Waals surface area (Å²) < 4.78 is 19.1. The summed E-state index contributed by atoms with van der Waals surface area (Å²) in [6, 6.07) is 12.9. The van der Waals surface area contributed by atoms with Crippen LogP contribution in [0.15, 0.2) is 42.5 Å². The van der Waals surface area contributed by atoms with Crippen molar-refractivity contribution in [2.45, 2.75) is 25.7 Å². The lowest BCUT2D eigenvalue weighted by Crippen LogP contribution is -2.35. The summed E-state index contributed by atoms with van der Waals surface area (Å²) in [6.45, 7) is 3.29. The number of hydrogen-bond acceptors (Lipinski definition) is 3. The van der Waals surface area contributed by atoms with Crippen LogP contribution in [0.5, 0.6) is 5.75 Å². The van der Waals surface area contributed by atoms with Crippen LogP contribution in [0.3, 0.4) is 0 Å². The minimum absolute atomic E-state index is 0.0166. The van der Waals surface area contributed by atoms with Gasteiger partial charge in [0, 0.05) is 12.5 Å². The predicted molar refractivity (Wildman–Crippen MR) is 103 cm³/mol. The molecule has 0 heterocycles. The second-order valence-electron chi connectivity index (χ2n) is 7.21. The Balaban J connectivity index is 1.94. The largest absolute Gasteiger partial charge is 0.494 e. The van der Waals surface area contributed by atoms with Crippen molar-refractivity contribution in [2.75, 3.05) is 26.7 Å². The van der Waals surface area contributed by atoms with Crippen LogP contribution in [-0.4, -0.2) is 42.7 Å². The summed E-state index contributed by atoms with van der Waals surface area (Å²) in [6.07, 6.45) is 1.88. The fourth-order valence-corrected chi connectivity index (χ4v) is 4.13. The highest BCUT2D eigenvalue weighted by molar-refractivity contribution is 5.69. The van der Waals surface area contributed by atoms with E-state index in [0.29, 0.717) is 13.2 Å². The molecule has 2 atom stereocenters. The number of ether oxygens (including phenoxy) is 1. The lowest BCUT2D eigenvalue weighted by atomic mass is 9.71. The first-order valence-corrected chi connectivity index (χ1v) is 9.39. The molecule has 3 rings (SSSR count). The fraction of sp³-hybridized carbons (Fsp3) is 0.409. The summed E-state index contributed by atoms with van der Waals surface area (Å²) in [5.74, 6) is 0.177. The number of carboxylic acid groups (broad SMARTS) is 1. The normalized spacial score (nSPS) is 19.0. The molecule has 0 saturated carbocycles. The number of rotatable bonds is 7. The molecule has 0 spiro atoms. The van der Waals surface area contributed by atoms with Crippen LogP contribution in [-0.2, 0) is 11.2 Å². The topological polar surface area (TPSA) is 49.8 Å². The molecule has 4 nitrogen and oxygen atoms in total. The Labute approximate surface area is 159 Å². The number of aryl methyl sites for hydroxylation is 1. The average Bonchev–Trinajstić information content (AvgIpc) is 2.62. The highest BCUT2D eigenvalue weighted by Crippen LogP contribution is 2.42. The summed E-state index contributed by atoms with van der Waals surface area (Å²) in [4.78, 5) is 12.9. The Morgan fingerprint density at radius 3 is 2.67 bits per heavy atom. The Bertz CT molecular complexity index is 791. The van der Waals surface area contributed by atoms with Gasteiger partial charge in [0.05, 0.1) is 13.2 Å². The van der Waals surface area contributed by atoms with Crippen LogP contribution < -0.4 is 4.74 Å². The number of halogens is 1. The minimum atomic E-state index is -0.826. The smallest absolute Gasteiger partial charge is 0.317 e. The van der Waals surface area contributed by atoms with Gasteiger partial charge in [-0.15, -0.1) is 0 Å². The van der Waals surface area contributed by atoms with Gasteiger partial charge in [0.25, 0.3) is 0 Å². The van der Waals surface area contributed by atoms with Crippen molar-refractivity contribution >= 4 is 5.97 Å². The van der Waals surface area contributed by atoms with Crippen molar-refractivity contribution < 1.29 is 19.0 Å². The molecule has 0 unspecified atom stereocenters. The number of fused-ring (bicyclic) bond motifs is 1. The summed E-state index contributed by atoms with van der Waals surface area (Å²) >= 11 is 0. The van der Waals surface area contributed by atoms with E-state index in [0.717, 1.165) is 24.2 Å². The standard InChI is InChI=1S/C22H26FNO3/c1-3-27-19-10-11-20-16(12-19)4-5-17(13-24(2)14-21(25)26)22(20)15-6-8-18(23)9-7-15/h6-12,17,22H,3-5,13-14H2,1-2H3,(H,25,26)/t17-,22+/m1/s1. The molecule has 5 heteroatoms. The molecule has 27 heavy (non-hydrogen) atoms. The van der Waals surface area contributed by atoms with Gasteiger partial charge in [-0.25, -0.2) is 4.39 Å². The van der Waals surface area contributed by atoms with E-state index in [2.05, 4.69) is 12.1 Å². The predicted octanol–water partition coefficient (Wildman–Crippen LogP) is 3.94. The van der Waals surface area contributed by atoms with Gasteiger partial charge >= 0.3 is 5.97 Å². The Kier molecular flexibility index (Phi) is 6.11. The SMILES string of the molecule is CCOc1ccc2c(c1)CC[C@H](CN(C)CC(=O)O)[C@@H]2c1ccc(F)cc1. The molecule has 2 aromatic rings. The number of hydrogen-bond donors (Lipinski definition) is 1. The molecule has 144 valence electrons. The molecule has 0 bridgehead atoms. The van der Waals surface area contributed by atoms with Crippen molar-refractivity contribution in [3.8, 4) is 5.75 Å². The van der Waals surface area contributed by atoms with Gasteiger partial charge in [-0.2, -0.15) is 0 Å². The van der Waals surface area contributed by atoms with Gasteiger partial charge in [-0.1, -0.05) is 18.2 Å². The molecule has 0 saturated heterocycles. The maximum atomic E-state index is 13.4. The van der Waals surface area contributed by atoms with Gasteiger partial charge in [0.1, 0.15) is 11.6 Å². The molecule has 2 aromatic carbocycles. The van der Waals surface area contributed by atoms with Crippen molar-refractivity contribution in [3.05, 3.63) is 65.0 Å². The van der Waals surface area contributed by atoms with Crippen molar-refractivity contribution in [1.82, 2.24) is 4.90 Å². The number of aliphatic carboxylic acids is 1. The quantitative estimate of drug-likeness (QED) is 0.801. The van der Waals surface area contributed by atoms with E-state index in [1.54, 1.807) is 0 Å². The third-order valence-electron chi connectivity index (χ3n) is 5.20. The molecule has 1 aliphatic rings. The summed E-state index contributed by atoms with van der Waals surface area (Å²) in [7, 11) is 1.84.